The highest BCUT2D eigenvalue weighted by Crippen LogP contribution is 2.24. The molecule has 0 fully saturated rings. The van der Waals surface area contributed by atoms with Gasteiger partial charge in [0.05, 0.1) is 4.92 Å². The van der Waals surface area contributed by atoms with Gasteiger partial charge in [0.2, 0.25) is 0 Å². The number of hydrogen-bond donors (Lipinski definition) is 1. The maximum atomic E-state index is 12.4. The molecule has 0 atom stereocenters. The first-order chi connectivity index (χ1) is 10.1. The Morgan fingerprint density at radius 3 is 2.71 bits per heavy atom. The lowest BCUT2D eigenvalue weighted by atomic mass is 9.98. The van der Waals surface area contributed by atoms with Crippen LogP contribution in [0.5, 0.6) is 0 Å². The van der Waals surface area contributed by atoms with Gasteiger partial charge in [-0.25, -0.2) is 0 Å². The van der Waals surface area contributed by atoms with Crippen molar-refractivity contribution in [2.45, 2.75) is 32.1 Å². The van der Waals surface area contributed by atoms with Crippen LogP contribution >= 0.6 is 12.6 Å². The average molecular weight is 308 g/mol. The first-order valence-electron chi connectivity index (χ1n) is 7.31. The minimum atomic E-state index is -0.454. The summed E-state index contributed by atoms with van der Waals surface area (Å²) < 4.78 is 0. The van der Waals surface area contributed by atoms with Gasteiger partial charge in [-0.15, -0.1) is 0 Å². The maximum absolute atomic E-state index is 12.4. The molecule has 0 N–H and O–H groups in total. The van der Waals surface area contributed by atoms with Crippen LogP contribution in [0.2, 0.25) is 0 Å². The molecule has 0 aromatic heterocycles. The van der Waals surface area contributed by atoms with E-state index in [9.17, 15) is 14.9 Å². The number of carbonyl (C=O) groups is 1. The van der Waals surface area contributed by atoms with E-state index in [4.69, 9.17) is 0 Å². The van der Waals surface area contributed by atoms with Crippen LogP contribution in [0, 0.1) is 10.1 Å². The lowest BCUT2D eigenvalue weighted by Gasteiger charge is -2.28. The van der Waals surface area contributed by atoms with E-state index in [1.54, 1.807) is 6.07 Å². The van der Waals surface area contributed by atoms with Crippen molar-refractivity contribution in [2.75, 3.05) is 18.8 Å². The number of unbranched alkanes of at least 4 members (excludes halogenated alkanes) is 3. The van der Waals surface area contributed by atoms with Crippen molar-refractivity contribution < 1.29 is 9.72 Å². The summed E-state index contributed by atoms with van der Waals surface area (Å²) in [6.07, 6.45) is 5.07. The lowest BCUT2D eigenvalue weighted by molar-refractivity contribution is -0.384. The van der Waals surface area contributed by atoms with Crippen molar-refractivity contribution >= 4 is 24.2 Å². The summed E-state index contributed by atoms with van der Waals surface area (Å²) in [6.45, 7) is 1.43. The van der Waals surface area contributed by atoms with E-state index >= 15 is 0 Å². The minimum Gasteiger partial charge on any atom is -0.338 e. The number of benzene rings is 1. The van der Waals surface area contributed by atoms with Crippen molar-refractivity contribution in [3.63, 3.8) is 0 Å². The molecule has 0 spiro atoms. The van der Waals surface area contributed by atoms with Gasteiger partial charge in [-0.3, -0.25) is 14.9 Å². The molecule has 0 bridgehead atoms. The van der Waals surface area contributed by atoms with E-state index in [2.05, 4.69) is 12.6 Å². The molecule has 1 aromatic carbocycles. The predicted molar refractivity (Wildman–Crippen MR) is 85.0 cm³/mol. The van der Waals surface area contributed by atoms with Crippen LogP contribution in [0.25, 0.3) is 0 Å². The van der Waals surface area contributed by atoms with Crippen LogP contribution in [0.15, 0.2) is 18.2 Å². The van der Waals surface area contributed by atoms with Crippen LogP contribution in [0.4, 0.5) is 5.69 Å². The molecular formula is C15H20N2O3S. The van der Waals surface area contributed by atoms with Crippen molar-refractivity contribution in [3.05, 3.63) is 39.4 Å². The van der Waals surface area contributed by atoms with Gasteiger partial charge in [-0.1, -0.05) is 18.9 Å². The van der Waals surface area contributed by atoms with Gasteiger partial charge in [-0.05, 0) is 30.6 Å². The number of amides is 1. The molecule has 21 heavy (non-hydrogen) atoms. The predicted octanol–water partition coefficient (Wildman–Crippen LogP) is 3.08. The third-order valence-corrected chi connectivity index (χ3v) is 4.13. The first kappa shape index (κ1) is 15.8. The number of rotatable bonds is 7. The van der Waals surface area contributed by atoms with Crippen LogP contribution in [-0.2, 0) is 6.42 Å². The standard InChI is InChI=1S/C15H20N2O3S/c18-15-14-11-13(17(19)20)6-5-12(14)7-9-16(15)8-3-1-2-4-10-21/h5-6,11,21H,1-4,7-10H2. The van der Waals surface area contributed by atoms with E-state index in [-0.39, 0.29) is 11.6 Å². The highest BCUT2D eigenvalue weighted by Gasteiger charge is 2.25. The first-order valence-corrected chi connectivity index (χ1v) is 7.94. The summed E-state index contributed by atoms with van der Waals surface area (Å²) in [7, 11) is 0. The second kappa shape index (κ2) is 7.45. The van der Waals surface area contributed by atoms with Gasteiger partial charge in [0.15, 0.2) is 0 Å². The quantitative estimate of drug-likeness (QED) is 0.364. The molecule has 1 aromatic rings. The van der Waals surface area contributed by atoms with Gasteiger partial charge in [0, 0.05) is 30.8 Å². The zero-order valence-corrected chi connectivity index (χ0v) is 12.8. The van der Waals surface area contributed by atoms with Gasteiger partial charge in [0.25, 0.3) is 11.6 Å². The molecule has 2 rings (SSSR count). The van der Waals surface area contributed by atoms with Crippen molar-refractivity contribution in [2.24, 2.45) is 0 Å². The second-order valence-electron chi connectivity index (χ2n) is 5.28. The van der Waals surface area contributed by atoms with E-state index in [0.29, 0.717) is 12.1 Å². The van der Waals surface area contributed by atoms with Crippen molar-refractivity contribution in [1.29, 1.82) is 0 Å². The summed E-state index contributed by atoms with van der Waals surface area (Å²) in [5.74, 6) is 0.828. The Labute approximate surface area is 129 Å². The lowest BCUT2D eigenvalue weighted by Crippen LogP contribution is -2.38. The van der Waals surface area contributed by atoms with Crippen LogP contribution in [-0.4, -0.2) is 34.6 Å². The molecule has 0 saturated heterocycles. The summed E-state index contributed by atoms with van der Waals surface area (Å²) in [4.78, 5) is 24.6. The highest BCUT2D eigenvalue weighted by molar-refractivity contribution is 7.80. The minimum absolute atomic E-state index is 0.0160. The smallest absolute Gasteiger partial charge is 0.270 e. The number of carbonyl (C=O) groups excluding carboxylic acids is 1. The normalized spacial score (nSPS) is 14.1. The Morgan fingerprint density at radius 1 is 1.24 bits per heavy atom. The summed E-state index contributed by atoms with van der Waals surface area (Å²) >= 11 is 4.18. The molecular weight excluding hydrogens is 288 g/mol. The fourth-order valence-electron chi connectivity index (χ4n) is 2.60. The van der Waals surface area contributed by atoms with E-state index < -0.39 is 4.92 Å². The summed E-state index contributed by atoms with van der Waals surface area (Å²) in [6, 6.07) is 4.58. The van der Waals surface area contributed by atoms with Gasteiger partial charge in [-0.2, -0.15) is 12.6 Å². The topological polar surface area (TPSA) is 63.4 Å². The second-order valence-corrected chi connectivity index (χ2v) is 5.73. The largest absolute Gasteiger partial charge is 0.338 e. The molecule has 1 aliphatic heterocycles. The zero-order valence-electron chi connectivity index (χ0n) is 12.0. The molecule has 1 heterocycles. The molecule has 5 nitrogen and oxygen atoms in total. The van der Waals surface area contributed by atoms with E-state index in [0.717, 1.165) is 50.0 Å². The molecule has 1 aliphatic rings. The Balaban J connectivity index is 1.98. The van der Waals surface area contributed by atoms with Crippen molar-refractivity contribution in [1.82, 2.24) is 4.90 Å². The molecule has 0 radical (unpaired) electrons. The van der Waals surface area contributed by atoms with Gasteiger partial charge in [0.1, 0.15) is 0 Å². The SMILES string of the molecule is O=C1c2cc([N+](=O)[O-])ccc2CCN1CCCCCCS. The maximum Gasteiger partial charge on any atom is 0.270 e. The Hall–Kier alpha value is -1.56. The Kier molecular flexibility index (Phi) is 5.61. The van der Waals surface area contributed by atoms with E-state index in [1.165, 1.54) is 12.1 Å². The van der Waals surface area contributed by atoms with Crippen LogP contribution < -0.4 is 0 Å². The summed E-state index contributed by atoms with van der Waals surface area (Å²) in [5.41, 5.74) is 1.39. The van der Waals surface area contributed by atoms with Gasteiger partial charge >= 0.3 is 0 Å². The van der Waals surface area contributed by atoms with Crippen LogP contribution in [0.3, 0.4) is 0 Å². The number of thiol groups is 1. The molecule has 1 amide bonds. The van der Waals surface area contributed by atoms with Crippen LogP contribution in [0.1, 0.15) is 41.6 Å². The Bertz CT molecular complexity index is 534. The molecule has 6 heteroatoms. The number of nitro benzene ring substituents is 1. The monoisotopic (exact) mass is 308 g/mol. The fraction of sp³-hybridized carbons (Fsp3) is 0.533. The molecule has 0 unspecified atom stereocenters. The zero-order chi connectivity index (χ0) is 15.2. The Morgan fingerprint density at radius 2 is 2.00 bits per heavy atom. The number of non-ortho nitro benzene ring substituents is 1. The number of hydrogen-bond acceptors (Lipinski definition) is 4. The van der Waals surface area contributed by atoms with E-state index in [1.807, 2.05) is 4.90 Å². The molecule has 114 valence electrons. The number of fused-ring (bicyclic) bond motifs is 1. The fourth-order valence-corrected chi connectivity index (χ4v) is 2.83. The highest BCUT2D eigenvalue weighted by atomic mass is 32.1. The third-order valence-electron chi connectivity index (χ3n) is 3.81. The average Bonchev–Trinajstić information content (AvgIpc) is 2.49. The third kappa shape index (κ3) is 3.97. The number of nitro groups is 1. The molecule has 0 aliphatic carbocycles. The molecule has 0 saturated carbocycles. The summed E-state index contributed by atoms with van der Waals surface area (Å²) in [5, 5.41) is 10.8. The van der Waals surface area contributed by atoms with Crippen molar-refractivity contribution in [3.8, 4) is 0 Å². The number of nitrogens with zero attached hydrogens (tertiary/aromatic N) is 2. The van der Waals surface area contributed by atoms with Gasteiger partial charge < -0.3 is 4.90 Å².